The van der Waals surface area contributed by atoms with Gasteiger partial charge in [0.25, 0.3) is 0 Å². The van der Waals surface area contributed by atoms with Gasteiger partial charge in [0.2, 0.25) is 0 Å². The lowest BCUT2D eigenvalue weighted by Gasteiger charge is -2.27. The largest absolute Gasteiger partial charge is 0.493 e. The number of benzene rings is 1. The Morgan fingerprint density at radius 1 is 1.42 bits per heavy atom. The lowest BCUT2D eigenvalue weighted by molar-refractivity contribution is -0.149. The first-order valence-corrected chi connectivity index (χ1v) is 7.07. The predicted molar refractivity (Wildman–Crippen MR) is 75.0 cm³/mol. The second-order valence-electron chi connectivity index (χ2n) is 5.12. The molecule has 0 fully saturated rings. The van der Waals surface area contributed by atoms with E-state index in [-0.39, 0.29) is 0 Å². The molecule has 3 nitrogen and oxygen atoms in total. The summed E-state index contributed by atoms with van der Waals surface area (Å²) in [7, 11) is 0. The highest BCUT2D eigenvalue weighted by Crippen LogP contribution is 2.39. The zero-order valence-corrected chi connectivity index (χ0v) is 12.1. The van der Waals surface area contributed by atoms with Crippen LogP contribution in [0, 0.1) is 5.41 Å². The van der Waals surface area contributed by atoms with Gasteiger partial charge < -0.3 is 9.84 Å². The first kappa shape index (κ1) is 14.2. The molecule has 0 saturated carbocycles. The molecule has 0 atom stereocenters. The molecule has 0 radical (unpaired) electrons. The number of carboxylic acids is 1. The van der Waals surface area contributed by atoms with Crippen LogP contribution in [0.4, 0.5) is 0 Å². The maximum Gasteiger partial charge on any atom is 0.309 e. The predicted octanol–water partition coefficient (Wildman–Crippen LogP) is 3.71. The Labute approximate surface area is 118 Å². The topological polar surface area (TPSA) is 46.5 Å². The molecule has 1 N–H and O–H groups in total. The van der Waals surface area contributed by atoms with Gasteiger partial charge >= 0.3 is 5.97 Å². The summed E-state index contributed by atoms with van der Waals surface area (Å²) in [6.45, 7) is 4.49. The van der Waals surface area contributed by atoms with E-state index in [1.165, 1.54) is 0 Å². The van der Waals surface area contributed by atoms with Gasteiger partial charge in [0.15, 0.2) is 0 Å². The molecular formula is C15H19ClO3. The number of hydrogen-bond donors (Lipinski definition) is 1. The summed E-state index contributed by atoms with van der Waals surface area (Å²) in [4.78, 5) is 11.6. The summed E-state index contributed by atoms with van der Waals surface area (Å²) >= 11 is 6.12. The molecule has 0 spiro atoms. The minimum atomic E-state index is -0.746. The average molecular weight is 283 g/mol. The van der Waals surface area contributed by atoms with Gasteiger partial charge in [-0.05, 0) is 42.5 Å². The SMILES string of the molecule is CCC(CC)(Cc1cc(Cl)cc2c1OCC2)C(=O)O. The van der Waals surface area contributed by atoms with Crippen LogP contribution in [0.25, 0.3) is 0 Å². The number of fused-ring (bicyclic) bond motifs is 1. The third-order valence-corrected chi connectivity index (χ3v) is 4.38. The van der Waals surface area contributed by atoms with Gasteiger partial charge in [-0.25, -0.2) is 0 Å². The first-order valence-electron chi connectivity index (χ1n) is 6.70. The van der Waals surface area contributed by atoms with Crippen LogP contribution in [0.1, 0.15) is 37.8 Å². The van der Waals surface area contributed by atoms with E-state index >= 15 is 0 Å². The van der Waals surface area contributed by atoms with Crippen molar-refractivity contribution in [3.63, 3.8) is 0 Å². The highest BCUT2D eigenvalue weighted by atomic mass is 35.5. The lowest BCUT2D eigenvalue weighted by atomic mass is 9.76. The zero-order valence-electron chi connectivity index (χ0n) is 11.3. The van der Waals surface area contributed by atoms with Gasteiger partial charge in [-0.3, -0.25) is 4.79 Å². The molecular weight excluding hydrogens is 264 g/mol. The second kappa shape index (κ2) is 5.41. The number of aliphatic carboxylic acids is 1. The minimum Gasteiger partial charge on any atom is -0.493 e. The van der Waals surface area contributed by atoms with Crippen LogP contribution in [-0.2, 0) is 17.6 Å². The molecule has 2 rings (SSSR count). The maximum absolute atomic E-state index is 11.6. The van der Waals surface area contributed by atoms with Crippen LogP contribution in [0.15, 0.2) is 12.1 Å². The number of ether oxygens (including phenoxy) is 1. The highest BCUT2D eigenvalue weighted by molar-refractivity contribution is 6.30. The van der Waals surface area contributed by atoms with E-state index in [9.17, 15) is 9.90 Å². The van der Waals surface area contributed by atoms with Crippen molar-refractivity contribution >= 4 is 17.6 Å². The van der Waals surface area contributed by atoms with E-state index in [0.29, 0.717) is 30.9 Å². The fraction of sp³-hybridized carbons (Fsp3) is 0.533. The molecule has 0 amide bonds. The Morgan fingerprint density at radius 2 is 2.11 bits per heavy atom. The summed E-state index contributed by atoms with van der Waals surface area (Å²) in [6.07, 6.45) is 2.51. The molecule has 1 aromatic carbocycles. The Morgan fingerprint density at radius 3 is 2.68 bits per heavy atom. The van der Waals surface area contributed by atoms with Crippen molar-refractivity contribution in [1.82, 2.24) is 0 Å². The highest BCUT2D eigenvalue weighted by Gasteiger charge is 2.36. The number of rotatable bonds is 5. The van der Waals surface area contributed by atoms with Crippen LogP contribution >= 0.6 is 11.6 Å². The van der Waals surface area contributed by atoms with Gasteiger partial charge in [0.1, 0.15) is 5.75 Å². The number of halogens is 1. The van der Waals surface area contributed by atoms with Crippen LogP contribution in [0.3, 0.4) is 0 Å². The standard InChI is InChI=1S/C15H19ClO3/c1-3-15(4-2,14(17)18)9-11-8-12(16)7-10-5-6-19-13(10)11/h7-8H,3-6,9H2,1-2H3,(H,17,18). The van der Waals surface area contributed by atoms with Gasteiger partial charge in [-0.1, -0.05) is 25.4 Å². The number of carbonyl (C=O) groups is 1. The van der Waals surface area contributed by atoms with Crippen molar-refractivity contribution in [3.05, 3.63) is 28.3 Å². The van der Waals surface area contributed by atoms with Gasteiger partial charge in [-0.15, -0.1) is 0 Å². The fourth-order valence-electron chi connectivity index (χ4n) is 2.72. The number of carboxylic acid groups (broad SMARTS) is 1. The Bertz CT molecular complexity index is 492. The molecule has 0 unspecified atom stereocenters. The molecule has 104 valence electrons. The molecule has 1 aliphatic rings. The Balaban J connectivity index is 2.40. The molecule has 4 heteroatoms. The second-order valence-corrected chi connectivity index (χ2v) is 5.56. The Hall–Kier alpha value is -1.22. The molecule has 0 saturated heterocycles. The van der Waals surface area contributed by atoms with Gasteiger partial charge in [0.05, 0.1) is 12.0 Å². The minimum absolute atomic E-state index is 0.470. The van der Waals surface area contributed by atoms with E-state index in [2.05, 4.69) is 0 Å². The van der Waals surface area contributed by atoms with Crippen molar-refractivity contribution in [2.45, 2.75) is 39.5 Å². The fourth-order valence-corrected chi connectivity index (χ4v) is 2.98. The van der Waals surface area contributed by atoms with Crippen molar-refractivity contribution in [3.8, 4) is 5.75 Å². The van der Waals surface area contributed by atoms with Crippen LogP contribution in [0.2, 0.25) is 5.02 Å². The summed E-state index contributed by atoms with van der Waals surface area (Å²) in [5, 5.41) is 10.2. The molecule has 0 aromatic heterocycles. The normalized spacial score (nSPS) is 14.1. The summed E-state index contributed by atoms with van der Waals surface area (Å²) in [5.41, 5.74) is 1.28. The summed E-state index contributed by atoms with van der Waals surface area (Å²) < 4.78 is 5.65. The summed E-state index contributed by atoms with van der Waals surface area (Å²) in [5.74, 6) is 0.0983. The van der Waals surface area contributed by atoms with Gasteiger partial charge in [0, 0.05) is 11.4 Å². The molecule has 1 aromatic rings. The third kappa shape index (κ3) is 2.57. The van der Waals surface area contributed by atoms with E-state index in [1.54, 1.807) is 0 Å². The lowest BCUT2D eigenvalue weighted by Crippen LogP contribution is -2.32. The number of hydrogen-bond acceptors (Lipinski definition) is 2. The van der Waals surface area contributed by atoms with Gasteiger partial charge in [-0.2, -0.15) is 0 Å². The molecule has 1 heterocycles. The van der Waals surface area contributed by atoms with Crippen LogP contribution in [0.5, 0.6) is 5.75 Å². The molecule has 0 bridgehead atoms. The van der Waals surface area contributed by atoms with Crippen LogP contribution < -0.4 is 4.74 Å². The quantitative estimate of drug-likeness (QED) is 0.895. The van der Waals surface area contributed by atoms with E-state index < -0.39 is 11.4 Å². The molecule has 0 aliphatic carbocycles. The van der Waals surface area contributed by atoms with Crippen molar-refractivity contribution < 1.29 is 14.6 Å². The summed E-state index contributed by atoms with van der Waals surface area (Å²) in [6, 6.07) is 3.75. The Kier molecular flexibility index (Phi) is 4.04. The zero-order chi connectivity index (χ0) is 14.0. The molecule has 19 heavy (non-hydrogen) atoms. The average Bonchev–Trinajstić information content (AvgIpc) is 2.83. The van der Waals surface area contributed by atoms with E-state index in [0.717, 1.165) is 23.3 Å². The third-order valence-electron chi connectivity index (χ3n) is 4.16. The molecule has 1 aliphatic heterocycles. The van der Waals surface area contributed by atoms with Crippen molar-refractivity contribution in [2.24, 2.45) is 5.41 Å². The van der Waals surface area contributed by atoms with Crippen molar-refractivity contribution in [2.75, 3.05) is 6.61 Å². The van der Waals surface area contributed by atoms with Crippen LogP contribution in [-0.4, -0.2) is 17.7 Å². The monoisotopic (exact) mass is 282 g/mol. The van der Waals surface area contributed by atoms with Crippen molar-refractivity contribution in [1.29, 1.82) is 0 Å². The maximum atomic E-state index is 11.6. The smallest absolute Gasteiger partial charge is 0.309 e. The van der Waals surface area contributed by atoms with E-state index in [4.69, 9.17) is 16.3 Å². The van der Waals surface area contributed by atoms with E-state index in [1.807, 2.05) is 26.0 Å². The first-order chi connectivity index (χ1) is 9.02.